The van der Waals surface area contributed by atoms with Crippen LogP contribution >= 0.6 is 0 Å². The molecule has 1 heterocycles. The molecule has 41 heavy (non-hydrogen) atoms. The van der Waals surface area contributed by atoms with E-state index in [1.165, 1.54) is 7.11 Å². The van der Waals surface area contributed by atoms with Gasteiger partial charge < -0.3 is 30.6 Å². The van der Waals surface area contributed by atoms with Crippen molar-refractivity contribution in [1.29, 1.82) is 0 Å². The number of nitrogens with one attached hydrogen (secondary N) is 2. The minimum atomic E-state index is -0.913. The van der Waals surface area contributed by atoms with Gasteiger partial charge in [-0.3, -0.25) is 14.4 Å². The molecule has 0 aromatic rings. The Morgan fingerprint density at radius 1 is 1.20 bits per heavy atom. The topological polar surface area (TPSA) is 146 Å². The number of ether oxygens (including phenoxy) is 3. The highest BCUT2D eigenvalue weighted by molar-refractivity contribution is 6.23. The molecule has 2 aliphatic rings. The van der Waals surface area contributed by atoms with E-state index in [4.69, 9.17) is 19.9 Å². The number of nitrogens with two attached hydrogens (primary N) is 1. The molecule has 4 atom stereocenters. The van der Waals surface area contributed by atoms with Gasteiger partial charge in [-0.15, -0.1) is 6.58 Å². The summed E-state index contributed by atoms with van der Waals surface area (Å²) in [7, 11) is 3.13. The van der Waals surface area contributed by atoms with Crippen LogP contribution in [0.15, 0.2) is 71.1 Å². The van der Waals surface area contributed by atoms with Crippen LogP contribution in [-0.2, 0) is 28.6 Å². The maximum Gasteiger partial charge on any atom is 0.404 e. The number of amides is 2. The molecule has 4 N–H and O–H groups in total. The Labute approximate surface area is 242 Å². The normalized spacial score (nSPS) is 28.7. The van der Waals surface area contributed by atoms with Crippen LogP contribution in [0.3, 0.4) is 0 Å². The average molecular weight is 570 g/mol. The summed E-state index contributed by atoms with van der Waals surface area (Å²) in [5, 5.41) is 5.60. The van der Waals surface area contributed by atoms with Crippen LogP contribution in [0.2, 0.25) is 0 Å². The van der Waals surface area contributed by atoms with Gasteiger partial charge in [0.2, 0.25) is 11.6 Å². The molecule has 0 saturated carbocycles. The molecule has 2 amide bonds. The monoisotopic (exact) mass is 569 g/mol. The van der Waals surface area contributed by atoms with E-state index < -0.39 is 30.0 Å². The zero-order valence-electron chi connectivity index (χ0n) is 24.7. The number of fused-ring (bicyclic) bond motifs is 2. The number of methoxy groups -OCH3 is 2. The largest absolute Gasteiger partial charge is 0.443 e. The minimum absolute atomic E-state index is 0.000493. The van der Waals surface area contributed by atoms with Crippen molar-refractivity contribution >= 4 is 23.6 Å². The Balaban J connectivity index is 2.48. The molecule has 0 unspecified atom stereocenters. The number of carbonyl (C=O) groups excluding carboxylic acids is 4. The van der Waals surface area contributed by atoms with Gasteiger partial charge in [-0.2, -0.15) is 0 Å². The molecule has 0 spiro atoms. The SMILES string of the molecule is C=CCNC1=C2C[C@@H](C)C[C@H](OC)CC/C=C(\C)C[C@H](OC(N)=O)[C@@H](OC)/C=C\C=C(/C)C(=O)NC(=CC1=O)C2=O. The van der Waals surface area contributed by atoms with E-state index in [9.17, 15) is 19.2 Å². The summed E-state index contributed by atoms with van der Waals surface area (Å²) >= 11 is 0. The molecule has 0 saturated heterocycles. The van der Waals surface area contributed by atoms with E-state index in [0.29, 0.717) is 31.4 Å². The Hall–Kier alpha value is -3.76. The predicted molar refractivity (Wildman–Crippen MR) is 156 cm³/mol. The van der Waals surface area contributed by atoms with Crippen LogP contribution in [0.4, 0.5) is 4.79 Å². The standard InChI is InChI=1S/C31H43N3O7/c1-7-14-33-28-23-16-20(3)15-22(39-5)12-8-10-19(2)17-27(41-31(32)38)26(40-6)13-9-11-21(4)30(37)34-24(29(23)36)18-25(28)35/h7,9-11,13,18,20,22,26-27,33H,1,8,12,14-17H2,2-6H3,(H2,32,38)(H,34,37)/b13-9-,19-10+,21-11+/t20-,22+,26-,27-/m0/s1. The summed E-state index contributed by atoms with van der Waals surface area (Å²) < 4.78 is 16.6. The van der Waals surface area contributed by atoms with Crippen LogP contribution in [0.5, 0.6) is 0 Å². The van der Waals surface area contributed by atoms with Crippen LogP contribution in [0.25, 0.3) is 0 Å². The van der Waals surface area contributed by atoms with Crippen molar-refractivity contribution in [3.8, 4) is 0 Å². The van der Waals surface area contributed by atoms with E-state index in [0.717, 1.165) is 24.5 Å². The van der Waals surface area contributed by atoms with Crippen molar-refractivity contribution in [3.05, 3.63) is 71.1 Å². The highest BCUT2D eigenvalue weighted by Gasteiger charge is 2.31. The number of rotatable bonds is 6. The fourth-order valence-electron chi connectivity index (χ4n) is 4.81. The van der Waals surface area contributed by atoms with Gasteiger partial charge in [-0.1, -0.05) is 42.9 Å². The van der Waals surface area contributed by atoms with Gasteiger partial charge in [0.1, 0.15) is 12.2 Å². The Morgan fingerprint density at radius 2 is 1.93 bits per heavy atom. The summed E-state index contributed by atoms with van der Waals surface area (Å²) in [5.41, 5.74) is 7.07. The van der Waals surface area contributed by atoms with Crippen molar-refractivity contribution in [2.75, 3.05) is 20.8 Å². The first-order valence-electron chi connectivity index (χ1n) is 13.7. The third-order valence-corrected chi connectivity index (χ3v) is 6.98. The van der Waals surface area contributed by atoms with Crippen LogP contribution in [0, 0.1) is 5.92 Å². The molecule has 0 radical (unpaired) electrons. The molecular weight excluding hydrogens is 526 g/mol. The lowest BCUT2D eigenvalue weighted by molar-refractivity contribution is -0.120. The second-order valence-electron chi connectivity index (χ2n) is 10.4. The maximum absolute atomic E-state index is 13.5. The van der Waals surface area contributed by atoms with Gasteiger partial charge in [0.25, 0.3) is 5.91 Å². The zero-order chi connectivity index (χ0) is 30.5. The van der Waals surface area contributed by atoms with Gasteiger partial charge in [-0.25, -0.2) is 4.79 Å². The third kappa shape index (κ3) is 10.3. The lowest BCUT2D eigenvalue weighted by atomic mass is 9.87. The molecule has 0 fully saturated rings. The van der Waals surface area contributed by atoms with Gasteiger partial charge in [0.05, 0.1) is 17.5 Å². The van der Waals surface area contributed by atoms with E-state index in [1.807, 2.05) is 13.8 Å². The fourth-order valence-corrected chi connectivity index (χ4v) is 4.81. The molecule has 10 heteroatoms. The fraction of sp³-hybridized carbons (Fsp3) is 0.484. The first-order chi connectivity index (χ1) is 19.5. The predicted octanol–water partition coefficient (Wildman–Crippen LogP) is 3.71. The van der Waals surface area contributed by atoms with E-state index in [1.54, 1.807) is 38.3 Å². The number of allylic oxidation sites excluding steroid dienone is 5. The zero-order valence-corrected chi connectivity index (χ0v) is 24.7. The first kappa shape index (κ1) is 33.4. The van der Waals surface area contributed by atoms with Crippen molar-refractivity contribution in [3.63, 3.8) is 0 Å². The number of ketones is 2. The molecule has 2 bridgehead atoms. The molecule has 1 aliphatic carbocycles. The second-order valence-corrected chi connectivity index (χ2v) is 10.4. The second kappa shape index (κ2) is 16.5. The van der Waals surface area contributed by atoms with Gasteiger partial charge in [0.15, 0.2) is 0 Å². The van der Waals surface area contributed by atoms with E-state index in [2.05, 4.69) is 23.3 Å². The number of Topliss-reactive ketones (excluding diaryl/α,β-unsaturated/α-hetero) is 1. The molecule has 224 valence electrons. The summed E-state index contributed by atoms with van der Waals surface area (Å²) in [5.74, 6) is -1.34. The first-order valence-corrected chi connectivity index (χ1v) is 13.7. The van der Waals surface area contributed by atoms with E-state index in [-0.39, 0.29) is 34.8 Å². The summed E-state index contributed by atoms with van der Waals surface area (Å²) in [4.78, 5) is 51.1. The van der Waals surface area contributed by atoms with Gasteiger partial charge >= 0.3 is 6.09 Å². The molecule has 0 aromatic carbocycles. The maximum atomic E-state index is 13.5. The summed E-state index contributed by atoms with van der Waals surface area (Å²) in [6.45, 7) is 9.52. The summed E-state index contributed by atoms with van der Waals surface area (Å²) in [6, 6.07) is 0. The van der Waals surface area contributed by atoms with Crippen molar-refractivity contribution in [2.45, 2.75) is 71.2 Å². The Kier molecular flexibility index (Phi) is 13.5. The highest BCUT2D eigenvalue weighted by atomic mass is 16.6. The number of carbonyl (C=O) groups is 4. The molecule has 10 nitrogen and oxygen atoms in total. The highest BCUT2D eigenvalue weighted by Crippen LogP contribution is 2.27. The van der Waals surface area contributed by atoms with Crippen molar-refractivity contribution in [1.82, 2.24) is 10.6 Å². The molecule has 1 aliphatic heterocycles. The number of hydrogen-bond acceptors (Lipinski definition) is 8. The molecule has 0 aromatic heterocycles. The molecule has 2 rings (SSSR count). The minimum Gasteiger partial charge on any atom is -0.443 e. The van der Waals surface area contributed by atoms with Crippen molar-refractivity contribution in [2.24, 2.45) is 11.7 Å². The quantitative estimate of drug-likeness (QED) is 0.324. The van der Waals surface area contributed by atoms with Gasteiger partial charge in [0, 0.05) is 44.4 Å². The Bertz CT molecular complexity index is 1160. The lowest BCUT2D eigenvalue weighted by Crippen LogP contribution is -2.36. The van der Waals surface area contributed by atoms with Crippen LogP contribution < -0.4 is 16.4 Å². The average Bonchev–Trinajstić information content (AvgIpc) is 2.91. The number of primary amides is 1. The lowest BCUT2D eigenvalue weighted by Gasteiger charge is -2.25. The van der Waals surface area contributed by atoms with Crippen LogP contribution in [0.1, 0.15) is 52.9 Å². The smallest absolute Gasteiger partial charge is 0.404 e. The van der Waals surface area contributed by atoms with Gasteiger partial charge in [-0.05, 0) is 45.4 Å². The third-order valence-electron chi connectivity index (χ3n) is 6.98. The summed E-state index contributed by atoms with van der Waals surface area (Å²) in [6.07, 6.45) is 10.1. The number of hydrogen-bond donors (Lipinski definition) is 3. The van der Waals surface area contributed by atoms with Crippen LogP contribution in [-0.4, -0.2) is 62.6 Å². The van der Waals surface area contributed by atoms with Crippen molar-refractivity contribution < 1.29 is 33.4 Å². The van der Waals surface area contributed by atoms with E-state index >= 15 is 0 Å². The molecular formula is C31H43N3O7. The Morgan fingerprint density at radius 3 is 2.56 bits per heavy atom.